The van der Waals surface area contributed by atoms with E-state index >= 15 is 0 Å². The number of nitriles is 1. The van der Waals surface area contributed by atoms with E-state index in [4.69, 9.17) is 5.26 Å². The number of aromatic nitrogens is 2. The van der Waals surface area contributed by atoms with E-state index in [9.17, 15) is 4.79 Å². The highest BCUT2D eigenvalue weighted by Crippen LogP contribution is 2.30. The number of hydrogen-bond donors (Lipinski definition) is 1. The van der Waals surface area contributed by atoms with E-state index in [2.05, 4.69) is 26.3 Å². The lowest BCUT2D eigenvalue weighted by atomic mass is 9.88. The number of rotatable bonds is 3. The molecule has 1 amide bonds. The number of carbonyl (C=O) groups excluding carboxylic acids is 1. The molecule has 18 heavy (non-hydrogen) atoms. The Balaban J connectivity index is 1.99. The summed E-state index contributed by atoms with van der Waals surface area (Å²) >= 11 is 3.55. The lowest BCUT2D eigenvalue weighted by Crippen LogP contribution is -2.40. The van der Waals surface area contributed by atoms with Gasteiger partial charge < -0.3 is 5.32 Å². The molecule has 6 heteroatoms. The highest BCUT2D eigenvalue weighted by molar-refractivity contribution is 9.09. The van der Waals surface area contributed by atoms with E-state index < -0.39 is 6.17 Å². The minimum atomic E-state index is -0.728. The summed E-state index contributed by atoms with van der Waals surface area (Å²) in [5.41, 5.74) is 0. The summed E-state index contributed by atoms with van der Waals surface area (Å²) < 4.78 is 1.45. The first kappa shape index (κ1) is 13.1. The van der Waals surface area contributed by atoms with Crippen LogP contribution in [0.15, 0.2) is 18.5 Å². The summed E-state index contributed by atoms with van der Waals surface area (Å²) in [5.74, 6) is -0.121. The largest absolute Gasteiger partial charge is 0.322 e. The molecule has 1 saturated carbocycles. The fraction of sp³-hybridized carbons (Fsp3) is 0.583. The van der Waals surface area contributed by atoms with Gasteiger partial charge in [0.05, 0.1) is 5.92 Å². The minimum absolute atomic E-state index is 0.0508. The van der Waals surface area contributed by atoms with Crippen molar-refractivity contribution in [1.29, 1.82) is 5.26 Å². The van der Waals surface area contributed by atoms with Gasteiger partial charge in [-0.05, 0) is 18.9 Å². The molecule has 3 atom stereocenters. The summed E-state index contributed by atoms with van der Waals surface area (Å²) in [5, 5.41) is 15.8. The Labute approximate surface area is 114 Å². The molecular weight excluding hydrogens is 296 g/mol. The Bertz CT molecular complexity index is 439. The predicted molar refractivity (Wildman–Crippen MR) is 69.7 cm³/mol. The summed E-state index contributed by atoms with van der Waals surface area (Å²) in [4.78, 5) is 12.4. The normalized spacial score (nSPS) is 25.1. The third-order valence-corrected chi connectivity index (χ3v) is 4.31. The smallest absolute Gasteiger partial charge is 0.226 e. The molecular formula is C12H15BrN4O. The van der Waals surface area contributed by atoms with Crippen LogP contribution in [0.1, 0.15) is 31.8 Å². The van der Waals surface area contributed by atoms with Crippen LogP contribution in [0.3, 0.4) is 0 Å². The molecule has 3 unspecified atom stereocenters. The highest BCUT2D eigenvalue weighted by atomic mass is 79.9. The van der Waals surface area contributed by atoms with E-state index in [0.29, 0.717) is 0 Å². The molecule has 1 aliphatic rings. The van der Waals surface area contributed by atoms with E-state index in [1.54, 1.807) is 18.5 Å². The second-order valence-electron chi connectivity index (χ2n) is 4.43. The zero-order valence-corrected chi connectivity index (χ0v) is 11.5. The third kappa shape index (κ3) is 2.91. The summed E-state index contributed by atoms with van der Waals surface area (Å²) in [6.45, 7) is 0. The molecule has 0 radical (unpaired) electrons. The maximum atomic E-state index is 12.1. The van der Waals surface area contributed by atoms with Crippen molar-refractivity contribution in [1.82, 2.24) is 15.1 Å². The van der Waals surface area contributed by atoms with Gasteiger partial charge in [-0.25, -0.2) is 4.68 Å². The van der Waals surface area contributed by atoms with Gasteiger partial charge in [-0.15, -0.1) is 0 Å². The van der Waals surface area contributed by atoms with Crippen molar-refractivity contribution >= 4 is 21.8 Å². The van der Waals surface area contributed by atoms with Gasteiger partial charge in [0.15, 0.2) is 0 Å². The fourth-order valence-corrected chi connectivity index (χ4v) is 3.04. The van der Waals surface area contributed by atoms with Crippen molar-refractivity contribution in [2.45, 2.75) is 36.7 Å². The number of amides is 1. The molecule has 2 rings (SSSR count). The zero-order chi connectivity index (χ0) is 13.0. The monoisotopic (exact) mass is 310 g/mol. The molecule has 0 aromatic carbocycles. The van der Waals surface area contributed by atoms with Crippen LogP contribution in [0.5, 0.6) is 0 Å². The maximum Gasteiger partial charge on any atom is 0.226 e. The lowest BCUT2D eigenvalue weighted by molar-refractivity contribution is -0.126. The van der Waals surface area contributed by atoms with Crippen LogP contribution in [-0.2, 0) is 4.79 Å². The number of carbonyl (C=O) groups is 1. The molecule has 96 valence electrons. The number of halogens is 1. The standard InChI is InChI=1S/C12H15BrN4O/c13-10-5-2-1-4-9(10)12(18)16-11(8-14)17-7-3-6-15-17/h3,6-7,9-11H,1-2,4-5H2,(H,16,18). The average Bonchev–Trinajstić information content (AvgIpc) is 2.90. The average molecular weight is 311 g/mol. The molecule has 0 saturated heterocycles. The van der Waals surface area contributed by atoms with Crippen molar-refractivity contribution in [3.8, 4) is 6.07 Å². The van der Waals surface area contributed by atoms with Gasteiger partial charge in [0.2, 0.25) is 12.1 Å². The van der Waals surface area contributed by atoms with Crippen molar-refractivity contribution in [2.75, 3.05) is 0 Å². The zero-order valence-electron chi connectivity index (χ0n) is 9.92. The van der Waals surface area contributed by atoms with Gasteiger partial charge in [-0.2, -0.15) is 10.4 Å². The first-order valence-electron chi connectivity index (χ1n) is 6.05. The summed E-state index contributed by atoms with van der Waals surface area (Å²) in [6.07, 6.45) is 6.63. The molecule has 0 spiro atoms. The lowest BCUT2D eigenvalue weighted by Gasteiger charge is -2.27. The molecule has 1 aromatic rings. The van der Waals surface area contributed by atoms with Gasteiger partial charge in [-0.3, -0.25) is 4.79 Å². The Morgan fingerprint density at radius 2 is 2.33 bits per heavy atom. The van der Waals surface area contributed by atoms with E-state index in [-0.39, 0.29) is 16.7 Å². The SMILES string of the molecule is N#CC(NC(=O)C1CCCCC1Br)n1cccn1. The first-order chi connectivity index (χ1) is 8.72. The van der Waals surface area contributed by atoms with Gasteiger partial charge >= 0.3 is 0 Å². The minimum Gasteiger partial charge on any atom is -0.322 e. The molecule has 0 bridgehead atoms. The maximum absolute atomic E-state index is 12.1. The molecule has 1 aliphatic carbocycles. The Morgan fingerprint density at radius 1 is 1.56 bits per heavy atom. The molecule has 5 nitrogen and oxygen atoms in total. The van der Waals surface area contributed by atoms with Gasteiger partial charge in [0, 0.05) is 17.2 Å². The molecule has 1 heterocycles. The van der Waals surface area contributed by atoms with Crippen molar-refractivity contribution in [3.05, 3.63) is 18.5 Å². The van der Waals surface area contributed by atoms with E-state index in [0.717, 1.165) is 25.7 Å². The second-order valence-corrected chi connectivity index (χ2v) is 5.61. The second kappa shape index (κ2) is 6.01. The van der Waals surface area contributed by atoms with Crippen molar-refractivity contribution in [3.63, 3.8) is 0 Å². The van der Waals surface area contributed by atoms with E-state index in [1.165, 1.54) is 4.68 Å². The summed E-state index contributed by atoms with van der Waals surface area (Å²) in [7, 11) is 0. The quantitative estimate of drug-likeness (QED) is 0.868. The predicted octanol–water partition coefficient (Wildman–Crippen LogP) is 1.98. The Hall–Kier alpha value is -1.35. The van der Waals surface area contributed by atoms with Crippen LogP contribution < -0.4 is 5.32 Å². The molecule has 1 aromatic heterocycles. The van der Waals surface area contributed by atoms with Crippen LogP contribution in [0.4, 0.5) is 0 Å². The van der Waals surface area contributed by atoms with Crippen molar-refractivity contribution < 1.29 is 4.79 Å². The van der Waals surface area contributed by atoms with Crippen LogP contribution >= 0.6 is 15.9 Å². The number of alkyl halides is 1. The molecule has 0 aliphatic heterocycles. The number of nitrogens with one attached hydrogen (secondary N) is 1. The molecule has 1 N–H and O–H groups in total. The fourth-order valence-electron chi connectivity index (χ4n) is 2.21. The van der Waals surface area contributed by atoms with Crippen molar-refractivity contribution in [2.24, 2.45) is 5.92 Å². The number of hydrogen-bond acceptors (Lipinski definition) is 3. The Morgan fingerprint density at radius 3 is 2.94 bits per heavy atom. The van der Waals surface area contributed by atoms with Crippen LogP contribution in [-0.4, -0.2) is 20.5 Å². The van der Waals surface area contributed by atoms with Gasteiger partial charge in [0.1, 0.15) is 6.07 Å². The summed E-state index contributed by atoms with van der Waals surface area (Å²) in [6, 6.07) is 3.77. The highest BCUT2D eigenvalue weighted by Gasteiger charge is 2.30. The van der Waals surface area contributed by atoms with Gasteiger partial charge in [0.25, 0.3) is 0 Å². The Kier molecular flexibility index (Phi) is 4.37. The van der Waals surface area contributed by atoms with Crippen LogP contribution in [0.25, 0.3) is 0 Å². The van der Waals surface area contributed by atoms with Crippen LogP contribution in [0.2, 0.25) is 0 Å². The topological polar surface area (TPSA) is 70.7 Å². The van der Waals surface area contributed by atoms with E-state index in [1.807, 2.05) is 6.07 Å². The number of nitrogens with zero attached hydrogens (tertiary/aromatic N) is 3. The first-order valence-corrected chi connectivity index (χ1v) is 6.97. The molecule has 1 fully saturated rings. The van der Waals surface area contributed by atoms with Crippen LogP contribution in [0, 0.1) is 17.2 Å². The third-order valence-electron chi connectivity index (χ3n) is 3.21. The van der Waals surface area contributed by atoms with Gasteiger partial charge in [-0.1, -0.05) is 28.8 Å².